The Morgan fingerprint density at radius 3 is 2.42 bits per heavy atom. The molecule has 0 bridgehead atoms. The Hall–Kier alpha value is -1.63. The highest BCUT2D eigenvalue weighted by Gasteiger charge is 2.52. The molecule has 130 valence electrons. The summed E-state index contributed by atoms with van der Waals surface area (Å²) in [5.74, 6) is -0.0897. The minimum absolute atomic E-state index is 0.0897. The van der Waals surface area contributed by atoms with Crippen LogP contribution in [-0.2, 0) is 20.6 Å². The maximum absolute atomic E-state index is 11.3. The second kappa shape index (κ2) is 7.09. The summed E-state index contributed by atoms with van der Waals surface area (Å²) in [6.45, 7) is 10.4. The first-order valence-electron chi connectivity index (χ1n) is 8.24. The van der Waals surface area contributed by atoms with Crippen LogP contribution >= 0.6 is 0 Å². The molecule has 1 amide bonds. The fourth-order valence-corrected chi connectivity index (χ4v) is 2.45. The molecule has 1 aromatic rings. The molecule has 3 N–H and O–H groups in total. The maximum atomic E-state index is 11.3. The van der Waals surface area contributed by atoms with Crippen LogP contribution in [0.5, 0.6) is 0 Å². The lowest BCUT2D eigenvalue weighted by Gasteiger charge is -2.32. The number of hydrogen-bond donors (Lipinski definition) is 2. The molecule has 0 spiro atoms. The Labute approximate surface area is 144 Å². The third-order valence-corrected chi connectivity index (χ3v) is 4.64. The molecule has 0 atom stereocenters. The zero-order valence-corrected chi connectivity index (χ0v) is 15.2. The van der Waals surface area contributed by atoms with Gasteiger partial charge in [-0.05, 0) is 44.3 Å². The van der Waals surface area contributed by atoms with Crippen molar-refractivity contribution in [1.29, 1.82) is 0 Å². The molecule has 1 aliphatic rings. The molecule has 0 aliphatic carbocycles. The summed E-state index contributed by atoms with van der Waals surface area (Å²) >= 11 is 0. The van der Waals surface area contributed by atoms with Gasteiger partial charge in [-0.2, -0.15) is 0 Å². The van der Waals surface area contributed by atoms with Gasteiger partial charge in [0.05, 0.1) is 11.2 Å². The summed E-state index contributed by atoms with van der Waals surface area (Å²) < 4.78 is 12.2. The molecule has 1 aromatic carbocycles. The van der Waals surface area contributed by atoms with Crippen molar-refractivity contribution in [3.05, 3.63) is 40.9 Å². The standard InChI is InChI=1S/C18H27BN2O3/c1-13(22)21-12-16(10-14-7-6-8-15(9-14)11-20)19-23-17(2,3)18(4,5)24-19/h6-10H,11-12,20H2,1-5H3,(H,21,22). The Morgan fingerprint density at radius 2 is 1.88 bits per heavy atom. The van der Waals surface area contributed by atoms with E-state index in [1.807, 2.05) is 58.0 Å². The average Bonchev–Trinajstić information content (AvgIpc) is 2.71. The van der Waals surface area contributed by atoms with Crippen molar-refractivity contribution in [1.82, 2.24) is 5.32 Å². The highest BCUT2D eigenvalue weighted by atomic mass is 16.7. The van der Waals surface area contributed by atoms with E-state index in [0.717, 1.165) is 16.6 Å². The molecule has 24 heavy (non-hydrogen) atoms. The maximum Gasteiger partial charge on any atom is 0.492 e. The monoisotopic (exact) mass is 330 g/mol. The van der Waals surface area contributed by atoms with E-state index in [9.17, 15) is 4.79 Å². The fraction of sp³-hybridized carbons (Fsp3) is 0.500. The van der Waals surface area contributed by atoms with Crippen molar-refractivity contribution in [3.63, 3.8) is 0 Å². The van der Waals surface area contributed by atoms with Gasteiger partial charge in [-0.3, -0.25) is 4.79 Å². The molecule has 1 fully saturated rings. The summed E-state index contributed by atoms with van der Waals surface area (Å²) in [5, 5.41) is 2.83. The smallest absolute Gasteiger partial charge is 0.400 e. The van der Waals surface area contributed by atoms with E-state index >= 15 is 0 Å². The topological polar surface area (TPSA) is 73.6 Å². The molecule has 0 aromatic heterocycles. The molecule has 1 heterocycles. The summed E-state index contributed by atoms with van der Waals surface area (Å²) in [4.78, 5) is 11.3. The lowest BCUT2D eigenvalue weighted by atomic mass is 9.77. The zero-order chi connectivity index (χ0) is 18.0. The summed E-state index contributed by atoms with van der Waals surface area (Å²) in [6, 6.07) is 7.98. The van der Waals surface area contributed by atoms with Crippen molar-refractivity contribution in [2.24, 2.45) is 5.73 Å². The molecule has 0 saturated carbocycles. The van der Waals surface area contributed by atoms with Crippen LogP contribution < -0.4 is 11.1 Å². The fourth-order valence-electron chi connectivity index (χ4n) is 2.45. The summed E-state index contributed by atoms with van der Waals surface area (Å²) in [6.07, 6.45) is 2.00. The van der Waals surface area contributed by atoms with Gasteiger partial charge in [-0.25, -0.2) is 0 Å². The number of benzene rings is 1. The van der Waals surface area contributed by atoms with Gasteiger partial charge in [0, 0.05) is 20.0 Å². The van der Waals surface area contributed by atoms with E-state index in [2.05, 4.69) is 5.32 Å². The molecule has 6 heteroatoms. The van der Waals surface area contributed by atoms with Crippen molar-refractivity contribution in [2.75, 3.05) is 6.54 Å². The van der Waals surface area contributed by atoms with E-state index in [1.54, 1.807) is 0 Å². The molecule has 0 unspecified atom stereocenters. The van der Waals surface area contributed by atoms with Crippen LogP contribution in [0.4, 0.5) is 0 Å². The molecule has 0 radical (unpaired) electrons. The van der Waals surface area contributed by atoms with Gasteiger partial charge >= 0.3 is 7.12 Å². The largest absolute Gasteiger partial charge is 0.492 e. The predicted octanol–water partition coefficient (Wildman–Crippen LogP) is 2.30. The number of rotatable bonds is 5. The molecule has 1 aliphatic heterocycles. The van der Waals surface area contributed by atoms with E-state index in [4.69, 9.17) is 15.0 Å². The number of amides is 1. The Morgan fingerprint density at radius 1 is 1.25 bits per heavy atom. The Bertz CT molecular complexity index is 625. The number of carbonyl (C=O) groups is 1. The van der Waals surface area contributed by atoms with Crippen LogP contribution in [0.25, 0.3) is 6.08 Å². The van der Waals surface area contributed by atoms with E-state index in [-0.39, 0.29) is 5.91 Å². The first-order chi connectivity index (χ1) is 11.1. The lowest BCUT2D eigenvalue weighted by molar-refractivity contribution is -0.118. The Kier molecular flexibility index (Phi) is 5.53. The second-order valence-electron chi connectivity index (χ2n) is 7.17. The summed E-state index contributed by atoms with van der Waals surface area (Å²) in [7, 11) is -0.497. The quantitative estimate of drug-likeness (QED) is 0.813. The average molecular weight is 330 g/mol. The number of hydrogen-bond acceptors (Lipinski definition) is 4. The minimum Gasteiger partial charge on any atom is -0.400 e. The minimum atomic E-state index is -0.497. The van der Waals surface area contributed by atoms with Gasteiger partial charge in [0.2, 0.25) is 5.91 Å². The normalized spacial score (nSPS) is 19.4. The molecule has 2 rings (SSSR count). The van der Waals surface area contributed by atoms with Gasteiger partial charge in [0.1, 0.15) is 0 Å². The molecule has 5 nitrogen and oxygen atoms in total. The van der Waals surface area contributed by atoms with Crippen LogP contribution in [-0.4, -0.2) is 30.8 Å². The zero-order valence-electron chi connectivity index (χ0n) is 15.2. The van der Waals surface area contributed by atoms with E-state index in [0.29, 0.717) is 13.1 Å². The SMILES string of the molecule is CC(=O)NCC(=Cc1cccc(CN)c1)B1OC(C)(C)C(C)(C)O1. The Balaban J connectivity index is 2.31. The van der Waals surface area contributed by atoms with Gasteiger partial charge in [0.15, 0.2) is 0 Å². The van der Waals surface area contributed by atoms with Crippen LogP contribution in [0.1, 0.15) is 45.7 Å². The van der Waals surface area contributed by atoms with E-state index in [1.165, 1.54) is 6.92 Å². The van der Waals surface area contributed by atoms with Crippen LogP contribution in [0.2, 0.25) is 0 Å². The van der Waals surface area contributed by atoms with Gasteiger partial charge in [-0.1, -0.05) is 30.3 Å². The van der Waals surface area contributed by atoms with E-state index < -0.39 is 18.3 Å². The first-order valence-corrected chi connectivity index (χ1v) is 8.24. The van der Waals surface area contributed by atoms with Gasteiger partial charge in [0.25, 0.3) is 0 Å². The third-order valence-electron chi connectivity index (χ3n) is 4.64. The summed E-state index contributed by atoms with van der Waals surface area (Å²) in [5.41, 5.74) is 7.80. The van der Waals surface area contributed by atoms with Crippen LogP contribution in [0, 0.1) is 0 Å². The van der Waals surface area contributed by atoms with Gasteiger partial charge in [-0.15, -0.1) is 0 Å². The lowest BCUT2D eigenvalue weighted by Crippen LogP contribution is -2.41. The number of nitrogens with one attached hydrogen (secondary N) is 1. The molecular weight excluding hydrogens is 303 g/mol. The molecular formula is C18H27BN2O3. The van der Waals surface area contributed by atoms with Crippen LogP contribution in [0.15, 0.2) is 29.7 Å². The predicted molar refractivity (Wildman–Crippen MR) is 97.1 cm³/mol. The van der Waals surface area contributed by atoms with Crippen molar-refractivity contribution >= 4 is 19.1 Å². The van der Waals surface area contributed by atoms with Crippen molar-refractivity contribution in [3.8, 4) is 0 Å². The molecule has 1 saturated heterocycles. The highest BCUT2D eigenvalue weighted by Crippen LogP contribution is 2.38. The van der Waals surface area contributed by atoms with Crippen molar-refractivity contribution in [2.45, 2.75) is 52.4 Å². The van der Waals surface area contributed by atoms with Crippen molar-refractivity contribution < 1.29 is 14.1 Å². The van der Waals surface area contributed by atoms with Crippen LogP contribution in [0.3, 0.4) is 0 Å². The second-order valence-corrected chi connectivity index (χ2v) is 7.17. The first kappa shape index (κ1) is 18.7. The van der Waals surface area contributed by atoms with Gasteiger partial charge < -0.3 is 20.4 Å². The number of nitrogens with two attached hydrogens (primary N) is 1. The third kappa shape index (κ3) is 4.26. The highest BCUT2D eigenvalue weighted by molar-refractivity contribution is 6.56. The number of carbonyl (C=O) groups excluding carboxylic acids is 1.